The van der Waals surface area contributed by atoms with E-state index in [2.05, 4.69) is 10.4 Å². The summed E-state index contributed by atoms with van der Waals surface area (Å²) < 4.78 is 6.88. The van der Waals surface area contributed by atoms with Crippen molar-refractivity contribution in [3.8, 4) is 11.4 Å². The van der Waals surface area contributed by atoms with Crippen LogP contribution in [0.4, 0.5) is 5.82 Å². The molecule has 142 valence electrons. The molecule has 1 aromatic heterocycles. The Kier molecular flexibility index (Phi) is 4.79. The van der Waals surface area contributed by atoms with Crippen molar-refractivity contribution in [1.82, 2.24) is 9.78 Å². The number of carbonyl (C=O) groups excluding carboxylic acids is 1. The molecule has 1 aliphatic rings. The van der Waals surface area contributed by atoms with Crippen molar-refractivity contribution in [1.29, 1.82) is 0 Å². The van der Waals surface area contributed by atoms with Gasteiger partial charge in [-0.15, -0.1) is 11.8 Å². The van der Waals surface area contributed by atoms with Crippen molar-refractivity contribution in [2.75, 3.05) is 18.2 Å². The highest BCUT2D eigenvalue weighted by Gasteiger charge is 2.28. The second kappa shape index (κ2) is 7.40. The number of aromatic carboxylic acids is 1. The lowest BCUT2D eigenvalue weighted by molar-refractivity contribution is -0.113. The summed E-state index contributed by atoms with van der Waals surface area (Å²) in [5.41, 5.74) is 2.82. The summed E-state index contributed by atoms with van der Waals surface area (Å²) in [7, 11) is 1.60. The van der Waals surface area contributed by atoms with Crippen LogP contribution in [0.3, 0.4) is 0 Å². The summed E-state index contributed by atoms with van der Waals surface area (Å²) >= 11 is 1.48. The zero-order valence-corrected chi connectivity index (χ0v) is 15.8. The van der Waals surface area contributed by atoms with Crippen molar-refractivity contribution in [3.05, 3.63) is 71.4 Å². The topological polar surface area (TPSA) is 93.5 Å². The molecule has 0 spiro atoms. The van der Waals surface area contributed by atoms with Crippen molar-refractivity contribution in [2.45, 2.75) is 5.25 Å². The first kappa shape index (κ1) is 18.1. The Balaban J connectivity index is 1.75. The average molecular weight is 395 g/mol. The van der Waals surface area contributed by atoms with Crippen LogP contribution in [-0.4, -0.2) is 39.6 Å². The maximum absolute atomic E-state index is 12.3. The molecule has 3 aromatic rings. The zero-order valence-electron chi connectivity index (χ0n) is 15.0. The second-order valence-corrected chi connectivity index (χ2v) is 7.32. The number of aromatic nitrogens is 2. The Morgan fingerprint density at radius 3 is 2.57 bits per heavy atom. The molecular formula is C20H17N3O4S. The van der Waals surface area contributed by atoms with Crippen LogP contribution in [0, 0.1) is 0 Å². The number of carboxylic acid groups (broad SMARTS) is 1. The Morgan fingerprint density at radius 2 is 1.93 bits per heavy atom. The molecule has 0 unspecified atom stereocenters. The molecule has 0 fully saturated rings. The number of rotatable bonds is 4. The summed E-state index contributed by atoms with van der Waals surface area (Å²) in [6.07, 6.45) is 1.74. The largest absolute Gasteiger partial charge is 0.497 e. The van der Waals surface area contributed by atoms with Gasteiger partial charge in [-0.25, -0.2) is 9.48 Å². The number of hydrogen-bond donors (Lipinski definition) is 2. The van der Waals surface area contributed by atoms with E-state index in [-0.39, 0.29) is 16.7 Å². The summed E-state index contributed by atoms with van der Waals surface area (Å²) in [4.78, 5) is 23.4. The molecule has 0 saturated carbocycles. The van der Waals surface area contributed by atoms with Crippen LogP contribution in [0.5, 0.6) is 5.75 Å². The first-order chi connectivity index (χ1) is 13.6. The lowest BCUT2D eigenvalue weighted by atomic mass is 10.0. The van der Waals surface area contributed by atoms with Gasteiger partial charge in [0.25, 0.3) is 0 Å². The Bertz CT molecular complexity index is 1030. The van der Waals surface area contributed by atoms with E-state index in [0.717, 1.165) is 22.6 Å². The number of thioether (sulfide) groups is 1. The number of amides is 1. The molecule has 0 saturated heterocycles. The number of nitrogens with one attached hydrogen (secondary N) is 1. The number of ether oxygens (including phenoxy) is 1. The molecule has 0 bridgehead atoms. The molecule has 4 rings (SSSR count). The van der Waals surface area contributed by atoms with Crippen LogP contribution >= 0.6 is 11.8 Å². The summed E-state index contributed by atoms with van der Waals surface area (Å²) in [5, 5.41) is 16.4. The van der Waals surface area contributed by atoms with Crippen molar-refractivity contribution < 1.29 is 19.4 Å². The van der Waals surface area contributed by atoms with Gasteiger partial charge in [0.1, 0.15) is 11.6 Å². The van der Waals surface area contributed by atoms with E-state index < -0.39 is 5.97 Å². The molecule has 8 heteroatoms. The molecule has 1 amide bonds. The fraction of sp³-hybridized carbons (Fsp3) is 0.150. The molecule has 1 atom stereocenters. The van der Waals surface area contributed by atoms with Gasteiger partial charge in [0.05, 0.1) is 35.6 Å². The summed E-state index contributed by atoms with van der Waals surface area (Å²) in [6.45, 7) is 0. The first-order valence-electron chi connectivity index (χ1n) is 8.54. The molecule has 2 N–H and O–H groups in total. The van der Waals surface area contributed by atoms with E-state index in [1.54, 1.807) is 42.3 Å². The maximum atomic E-state index is 12.3. The average Bonchev–Trinajstić information content (AvgIpc) is 3.04. The third-order valence-corrected chi connectivity index (χ3v) is 5.78. The lowest BCUT2D eigenvalue weighted by Gasteiger charge is -2.14. The number of hydrogen-bond acceptors (Lipinski definition) is 5. The third-order valence-electron chi connectivity index (χ3n) is 4.50. The number of nitrogens with zero attached hydrogens (tertiary/aromatic N) is 2. The molecule has 1 aliphatic heterocycles. The minimum Gasteiger partial charge on any atom is -0.497 e. The molecule has 0 radical (unpaired) electrons. The highest BCUT2D eigenvalue weighted by atomic mass is 32.2. The fourth-order valence-electron chi connectivity index (χ4n) is 3.09. The van der Waals surface area contributed by atoms with Crippen LogP contribution < -0.4 is 10.1 Å². The summed E-state index contributed by atoms with van der Waals surface area (Å²) in [6, 6.07) is 14.1. The number of benzene rings is 2. The van der Waals surface area contributed by atoms with Gasteiger partial charge in [-0.3, -0.25) is 4.79 Å². The van der Waals surface area contributed by atoms with Gasteiger partial charge in [0.15, 0.2) is 0 Å². The fourth-order valence-corrected chi connectivity index (χ4v) is 4.18. The van der Waals surface area contributed by atoms with Gasteiger partial charge < -0.3 is 15.2 Å². The number of methoxy groups -OCH3 is 1. The molecule has 0 aliphatic carbocycles. The number of fused-ring (bicyclic) bond motifs is 1. The Hall–Kier alpha value is -3.26. The van der Waals surface area contributed by atoms with Gasteiger partial charge in [-0.1, -0.05) is 12.1 Å². The number of carbonyl (C=O) groups is 2. The van der Waals surface area contributed by atoms with Crippen LogP contribution in [-0.2, 0) is 4.79 Å². The molecule has 28 heavy (non-hydrogen) atoms. The molecule has 7 nitrogen and oxygen atoms in total. The predicted molar refractivity (Wildman–Crippen MR) is 106 cm³/mol. The summed E-state index contributed by atoms with van der Waals surface area (Å²) in [5.74, 6) is 0.574. The van der Waals surface area contributed by atoms with E-state index in [9.17, 15) is 9.59 Å². The Labute approximate surface area is 165 Å². The minimum atomic E-state index is -0.968. The first-order valence-corrected chi connectivity index (χ1v) is 9.59. The minimum absolute atomic E-state index is 0.105. The molecule has 2 aromatic carbocycles. The number of carboxylic acids is 1. The number of anilines is 1. The zero-order chi connectivity index (χ0) is 19.7. The second-order valence-electron chi connectivity index (χ2n) is 6.22. The van der Waals surface area contributed by atoms with Crippen molar-refractivity contribution in [3.63, 3.8) is 0 Å². The highest BCUT2D eigenvalue weighted by Crippen LogP contribution is 2.42. The van der Waals surface area contributed by atoms with Crippen LogP contribution in [0.15, 0.2) is 54.7 Å². The molecule has 2 heterocycles. The molecular weight excluding hydrogens is 378 g/mol. The maximum Gasteiger partial charge on any atom is 0.335 e. The predicted octanol–water partition coefficient (Wildman–Crippen LogP) is 3.35. The monoisotopic (exact) mass is 395 g/mol. The van der Waals surface area contributed by atoms with Crippen molar-refractivity contribution >= 4 is 29.5 Å². The third kappa shape index (κ3) is 3.34. The van der Waals surface area contributed by atoms with Gasteiger partial charge in [0.2, 0.25) is 5.91 Å². The lowest BCUT2D eigenvalue weighted by Crippen LogP contribution is -2.15. The van der Waals surface area contributed by atoms with Crippen LogP contribution in [0.25, 0.3) is 5.69 Å². The van der Waals surface area contributed by atoms with Gasteiger partial charge in [-0.2, -0.15) is 5.10 Å². The van der Waals surface area contributed by atoms with E-state index >= 15 is 0 Å². The van der Waals surface area contributed by atoms with Crippen molar-refractivity contribution in [2.24, 2.45) is 0 Å². The van der Waals surface area contributed by atoms with E-state index in [0.29, 0.717) is 11.6 Å². The Morgan fingerprint density at radius 1 is 1.21 bits per heavy atom. The van der Waals surface area contributed by atoms with E-state index in [4.69, 9.17) is 9.84 Å². The SMILES string of the molecule is COc1ccc(-n2ncc3c2NC(=O)CS[C@H]3c2ccc(C(=O)O)cc2)cc1. The van der Waals surface area contributed by atoms with E-state index in [1.807, 2.05) is 24.3 Å². The van der Waals surface area contributed by atoms with Gasteiger partial charge in [0, 0.05) is 5.56 Å². The normalized spacial score (nSPS) is 16.0. The van der Waals surface area contributed by atoms with Crippen LogP contribution in [0.1, 0.15) is 26.7 Å². The van der Waals surface area contributed by atoms with E-state index in [1.165, 1.54) is 11.8 Å². The highest BCUT2D eigenvalue weighted by molar-refractivity contribution is 8.00. The standard InChI is InChI=1S/C20H17N3O4S/c1-27-15-8-6-14(7-9-15)23-19-16(10-21-23)18(28-11-17(24)22-19)12-2-4-13(5-3-12)20(25)26/h2-10,18H,11H2,1H3,(H,22,24)(H,25,26)/t18-/m0/s1. The van der Waals surface area contributed by atoms with Crippen LogP contribution in [0.2, 0.25) is 0 Å². The quantitative estimate of drug-likeness (QED) is 0.704. The van der Waals surface area contributed by atoms with Gasteiger partial charge >= 0.3 is 5.97 Å². The van der Waals surface area contributed by atoms with Gasteiger partial charge in [-0.05, 0) is 42.0 Å². The smallest absolute Gasteiger partial charge is 0.335 e.